The number of carbonyl (C=O) groups is 1. The number of pyridine rings is 1. The number of ether oxygens (including phenoxy) is 1. The van der Waals surface area contributed by atoms with Crippen molar-refractivity contribution in [2.75, 3.05) is 20.1 Å². The molecule has 1 saturated carbocycles. The molecule has 1 amide bonds. The highest BCUT2D eigenvalue weighted by Crippen LogP contribution is 2.40. The summed E-state index contributed by atoms with van der Waals surface area (Å²) in [5.41, 5.74) is 2.03. The van der Waals surface area contributed by atoms with Gasteiger partial charge in [-0.15, -0.1) is 0 Å². The van der Waals surface area contributed by atoms with Crippen molar-refractivity contribution in [3.63, 3.8) is 0 Å². The monoisotopic (exact) mass is 475 g/mol. The van der Waals surface area contributed by atoms with Gasteiger partial charge in [0.2, 0.25) is 5.91 Å². The summed E-state index contributed by atoms with van der Waals surface area (Å²) in [6, 6.07) is 6.97. The summed E-state index contributed by atoms with van der Waals surface area (Å²) in [6.45, 7) is 4.12. The highest BCUT2D eigenvalue weighted by molar-refractivity contribution is 5.79. The molecule has 0 atom stereocenters. The Balaban J connectivity index is 1.38. The minimum Gasteiger partial charge on any atom is -0.487 e. The highest BCUT2D eigenvalue weighted by atomic mass is 19.4. The van der Waals surface area contributed by atoms with Crippen LogP contribution in [0.3, 0.4) is 0 Å². The van der Waals surface area contributed by atoms with E-state index in [1.165, 1.54) is 6.20 Å². The van der Waals surface area contributed by atoms with Crippen molar-refractivity contribution in [2.24, 2.45) is 5.92 Å². The third kappa shape index (κ3) is 5.71. The fourth-order valence-corrected chi connectivity index (χ4v) is 5.02. The Labute approximate surface area is 198 Å². The van der Waals surface area contributed by atoms with Crippen LogP contribution in [0.15, 0.2) is 30.5 Å². The molecule has 1 saturated heterocycles. The highest BCUT2D eigenvalue weighted by Gasteiger charge is 2.36. The summed E-state index contributed by atoms with van der Waals surface area (Å²) in [7, 11) is 1.65. The van der Waals surface area contributed by atoms with Gasteiger partial charge in [-0.25, -0.2) is 0 Å². The fraction of sp³-hybridized carbons (Fsp3) is 0.538. The largest absolute Gasteiger partial charge is 0.487 e. The number of hydrogen-bond acceptors (Lipinski definition) is 4. The van der Waals surface area contributed by atoms with Gasteiger partial charge in [0.05, 0.1) is 17.2 Å². The van der Waals surface area contributed by atoms with Crippen LogP contribution >= 0.6 is 0 Å². The average molecular weight is 476 g/mol. The number of nitrogens with zero attached hydrogens (tertiary/aromatic N) is 2. The lowest BCUT2D eigenvalue weighted by Gasteiger charge is -2.38. The predicted octanol–water partition coefficient (Wildman–Crippen LogP) is 5.21. The van der Waals surface area contributed by atoms with E-state index in [-0.39, 0.29) is 30.0 Å². The van der Waals surface area contributed by atoms with Gasteiger partial charge in [0.15, 0.2) is 0 Å². The number of halogens is 3. The molecule has 34 heavy (non-hydrogen) atoms. The van der Waals surface area contributed by atoms with Gasteiger partial charge in [-0.1, -0.05) is 31.4 Å². The van der Waals surface area contributed by atoms with Crippen LogP contribution in [0.25, 0.3) is 0 Å². The van der Waals surface area contributed by atoms with Gasteiger partial charge in [-0.05, 0) is 54.5 Å². The third-order valence-corrected chi connectivity index (χ3v) is 6.94. The summed E-state index contributed by atoms with van der Waals surface area (Å²) < 4.78 is 47.2. The van der Waals surface area contributed by atoms with Crippen molar-refractivity contribution in [3.05, 3.63) is 58.4 Å². The Hall–Kier alpha value is -2.61. The molecule has 2 aromatic rings. The maximum absolute atomic E-state index is 13.8. The molecule has 0 radical (unpaired) electrons. The molecule has 2 aliphatic rings. The van der Waals surface area contributed by atoms with Crippen LogP contribution in [-0.2, 0) is 24.1 Å². The van der Waals surface area contributed by atoms with E-state index in [2.05, 4.69) is 15.2 Å². The second-order valence-corrected chi connectivity index (χ2v) is 9.49. The van der Waals surface area contributed by atoms with Crippen molar-refractivity contribution < 1.29 is 22.7 Å². The molecule has 2 heterocycles. The third-order valence-electron chi connectivity index (χ3n) is 6.94. The summed E-state index contributed by atoms with van der Waals surface area (Å²) >= 11 is 0. The number of likely N-dealkylation sites (tertiary alicyclic amines) is 1. The van der Waals surface area contributed by atoms with Gasteiger partial charge in [-0.2, -0.15) is 13.2 Å². The number of alkyl halides is 3. The van der Waals surface area contributed by atoms with Crippen LogP contribution in [0, 0.1) is 12.8 Å². The molecule has 1 N–H and O–H groups in total. The van der Waals surface area contributed by atoms with Crippen molar-refractivity contribution in [2.45, 2.75) is 64.3 Å². The van der Waals surface area contributed by atoms with Gasteiger partial charge in [-0.3, -0.25) is 14.7 Å². The number of aryl methyl sites for hydroxylation is 1. The fourth-order valence-electron chi connectivity index (χ4n) is 5.02. The summed E-state index contributed by atoms with van der Waals surface area (Å²) in [4.78, 5) is 18.1. The Kier molecular flexibility index (Phi) is 7.45. The Bertz CT molecular complexity index is 1010. The predicted molar refractivity (Wildman–Crippen MR) is 123 cm³/mol. The average Bonchev–Trinajstić information content (AvgIpc) is 2.80. The number of nitrogens with one attached hydrogen (secondary N) is 1. The number of benzene rings is 1. The first kappa shape index (κ1) is 24.5. The van der Waals surface area contributed by atoms with Crippen molar-refractivity contribution in [1.82, 2.24) is 15.2 Å². The van der Waals surface area contributed by atoms with Gasteiger partial charge in [0.1, 0.15) is 12.4 Å². The van der Waals surface area contributed by atoms with Crippen LogP contribution in [-0.4, -0.2) is 35.9 Å². The van der Waals surface area contributed by atoms with Gasteiger partial charge in [0, 0.05) is 32.9 Å². The van der Waals surface area contributed by atoms with E-state index in [0.717, 1.165) is 68.9 Å². The molecule has 1 aliphatic carbocycles. The van der Waals surface area contributed by atoms with E-state index in [9.17, 15) is 18.0 Å². The lowest BCUT2D eigenvalue weighted by atomic mass is 9.82. The Morgan fingerprint density at radius 3 is 2.56 bits per heavy atom. The zero-order chi connectivity index (χ0) is 24.3. The van der Waals surface area contributed by atoms with E-state index >= 15 is 0 Å². The summed E-state index contributed by atoms with van der Waals surface area (Å²) in [5, 5.41) is 2.68. The van der Waals surface area contributed by atoms with Crippen LogP contribution in [0.2, 0.25) is 0 Å². The zero-order valence-electron chi connectivity index (χ0n) is 19.8. The lowest BCUT2D eigenvalue weighted by molar-refractivity contribution is -0.138. The molecule has 0 unspecified atom stereocenters. The van der Waals surface area contributed by atoms with Crippen molar-refractivity contribution in [3.8, 4) is 5.75 Å². The number of hydrogen-bond donors (Lipinski definition) is 1. The zero-order valence-corrected chi connectivity index (χ0v) is 19.8. The number of rotatable bonds is 7. The normalized spacial score (nSPS) is 17.9. The molecule has 184 valence electrons. The number of aromatic nitrogens is 1. The first-order chi connectivity index (χ1) is 16.2. The molecule has 0 spiro atoms. The maximum atomic E-state index is 13.8. The Morgan fingerprint density at radius 2 is 1.91 bits per heavy atom. The molecule has 1 aliphatic heterocycles. The van der Waals surface area contributed by atoms with Gasteiger partial charge in [0.25, 0.3) is 0 Å². The van der Waals surface area contributed by atoms with Crippen LogP contribution in [0.4, 0.5) is 13.2 Å². The topological polar surface area (TPSA) is 54.5 Å². The van der Waals surface area contributed by atoms with Crippen LogP contribution in [0.5, 0.6) is 5.75 Å². The standard InChI is InChI=1S/C26H32F3N3O2/c1-17-10-18(13-32-14-20(15-32)25(33)30-2)8-9-24(17)34-16-21-11-23(26(27,28)29)22(12-31-21)19-6-4-3-5-7-19/h8-12,19-20H,3-7,13-16H2,1-2H3,(H,30,33). The van der Waals surface area contributed by atoms with E-state index in [1.54, 1.807) is 7.05 Å². The second-order valence-electron chi connectivity index (χ2n) is 9.49. The van der Waals surface area contributed by atoms with Gasteiger partial charge < -0.3 is 10.1 Å². The first-order valence-electron chi connectivity index (χ1n) is 12.0. The summed E-state index contributed by atoms with van der Waals surface area (Å²) in [5.74, 6) is 0.681. The van der Waals surface area contributed by atoms with E-state index in [4.69, 9.17) is 4.74 Å². The minimum atomic E-state index is -4.41. The minimum absolute atomic E-state index is 0.0197. The first-order valence-corrected chi connectivity index (χ1v) is 12.0. The quantitative estimate of drug-likeness (QED) is 0.597. The van der Waals surface area contributed by atoms with E-state index in [0.29, 0.717) is 11.3 Å². The molecular weight excluding hydrogens is 443 g/mol. The maximum Gasteiger partial charge on any atom is 0.416 e. The molecule has 1 aromatic heterocycles. The van der Waals surface area contributed by atoms with Crippen molar-refractivity contribution >= 4 is 5.91 Å². The van der Waals surface area contributed by atoms with Crippen LogP contribution in [0.1, 0.15) is 66.0 Å². The summed E-state index contributed by atoms with van der Waals surface area (Å²) in [6.07, 6.45) is 1.60. The molecule has 2 fully saturated rings. The molecule has 5 nitrogen and oxygen atoms in total. The van der Waals surface area contributed by atoms with Crippen LogP contribution < -0.4 is 10.1 Å². The molecule has 4 rings (SSSR count). The van der Waals surface area contributed by atoms with Crippen molar-refractivity contribution in [1.29, 1.82) is 0 Å². The lowest BCUT2D eigenvalue weighted by Crippen LogP contribution is -2.52. The van der Waals surface area contributed by atoms with E-state index < -0.39 is 11.7 Å². The molecule has 0 bridgehead atoms. The second kappa shape index (κ2) is 10.3. The Morgan fingerprint density at radius 1 is 1.18 bits per heavy atom. The molecule has 8 heteroatoms. The molecule has 1 aromatic carbocycles. The number of carbonyl (C=O) groups excluding carboxylic acids is 1. The molecular formula is C26H32F3N3O2. The SMILES string of the molecule is CNC(=O)C1CN(Cc2ccc(OCc3cc(C(F)(F)F)c(C4CCCCC4)cn3)c(C)c2)C1. The number of amides is 1. The van der Waals surface area contributed by atoms with E-state index in [1.807, 2.05) is 25.1 Å². The van der Waals surface area contributed by atoms with Gasteiger partial charge >= 0.3 is 6.18 Å². The smallest absolute Gasteiger partial charge is 0.416 e.